The number of esters is 1. The second-order valence-electron chi connectivity index (χ2n) is 6.76. The largest absolute Gasteiger partial charge is 0.489 e. The van der Waals surface area contributed by atoms with E-state index in [2.05, 4.69) is 5.32 Å². The van der Waals surface area contributed by atoms with Gasteiger partial charge < -0.3 is 14.8 Å². The Morgan fingerprint density at radius 2 is 1.67 bits per heavy atom. The van der Waals surface area contributed by atoms with Crippen molar-refractivity contribution in [3.8, 4) is 5.75 Å². The fourth-order valence-corrected chi connectivity index (χ4v) is 3.36. The first kappa shape index (κ1) is 19.0. The van der Waals surface area contributed by atoms with Crippen molar-refractivity contribution < 1.29 is 19.1 Å². The Kier molecular flexibility index (Phi) is 6.12. The predicted molar refractivity (Wildman–Crippen MR) is 103 cm³/mol. The maximum atomic E-state index is 12.6. The zero-order valence-electron chi connectivity index (χ0n) is 15.6. The molecule has 0 radical (unpaired) electrons. The fourth-order valence-electron chi connectivity index (χ4n) is 3.36. The molecule has 0 saturated heterocycles. The molecular weight excluding hydrogens is 342 g/mol. The lowest BCUT2D eigenvalue weighted by Gasteiger charge is -2.27. The number of amides is 1. The molecule has 2 aromatic rings. The van der Waals surface area contributed by atoms with Crippen LogP contribution in [0.1, 0.15) is 48.5 Å². The van der Waals surface area contributed by atoms with Crippen LogP contribution in [-0.4, -0.2) is 24.0 Å². The number of hydrogen-bond donors (Lipinski definition) is 1. The fraction of sp³-hybridized carbons (Fsp3) is 0.364. The summed E-state index contributed by atoms with van der Waals surface area (Å²) in [7, 11) is 0. The van der Waals surface area contributed by atoms with Crippen LogP contribution in [0.25, 0.3) is 0 Å². The van der Waals surface area contributed by atoms with Gasteiger partial charge in [-0.3, -0.25) is 4.79 Å². The van der Waals surface area contributed by atoms with E-state index in [1.807, 2.05) is 30.3 Å². The van der Waals surface area contributed by atoms with Gasteiger partial charge in [-0.05, 0) is 49.6 Å². The van der Waals surface area contributed by atoms with E-state index < -0.39 is 5.54 Å². The lowest BCUT2D eigenvalue weighted by molar-refractivity contribution is -0.150. The summed E-state index contributed by atoms with van der Waals surface area (Å²) in [5.74, 6) is 0.0922. The number of rotatable bonds is 7. The summed E-state index contributed by atoms with van der Waals surface area (Å²) >= 11 is 0. The Hall–Kier alpha value is -2.82. The number of nitrogens with one attached hydrogen (secondary N) is 1. The van der Waals surface area contributed by atoms with Crippen LogP contribution in [0.5, 0.6) is 5.75 Å². The van der Waals surface area contributed by atoms with Gasteiger partial charge in [0.2, 0.25) is 0 Å². The third-order valence-corrected chi connectivity index (χ3v) is 4.84. The van der Waals surface area contributed by atoms with Crippen molar-refractivity contribution in [1.29, 1.82) is 0 Å². The summed E-state index contributed by atoms with van der Waals surface area (Å²) in [4.78, 5) is 25.0. The third-order valence-electron chi connectivity index (χ3n) is 4.84. The van der Waals surface area contributed by atoms with Crippen LogP contribution in [-0.2, 0) is 16.1 Å². The number of ether oxygens (including phenoxy) is 2. The highest BCUT2D eigenvalue weighted by Crippen LogP contribution is 2.31. The summed E-state index contributed by atoms with van der Waals surface area (Å²) in [6.07, 6.45) is 3.06. The van der Waals surface area contributed by atoms with Gasteiger partial charge in [-0.1, -0.05) is 43.2 Å². The minimum Gasteiger partial charge on any atom is -0.489 e. The van der Waals surface area contributed by atoms with Crippen LogP contribution in [0.3, 0.4) is 0 Å². The van der Waals surface area contributed by atoms with Crippen LogP contribution in [0.4, 0.5) is 0 Å². The molecule has 142 valence electrons. The summed E-state index contributed by atoms with van der Waals surface area (Å²) in [6.45, 7) is 2.55. The van der Waals surface area contributed by atoms with E-state index in [9.17, 15) is 9.59 Å². The van der Waals surface area contributed by atoms with Crippen molar-refractivity contribution in [3.63, 3.8) is 0 Å². The molecule has 2 aromatic carbocycles. The molecular formula is C22H25NO4. The van der Waals surface area contributed by atoms with Gasteiger partial charge in [0.15, 0.2) is 0 Å². The highest BCUT2D eigenvalue weighted by atomic mass is 16.5. The van der Waals surface area contributed by atoms with Gasteiger partial charge in [0.25, 0.3) is 5.91 Å². The molecule has 5 nitrogen and oxygen atoms in total. The molecule has 1 N–H and O–H groups in total. The monoisotopic (exact) mass is 367 g/mol. The molecule has 5 heteroatoms. The minimum absolute atomic E-state index is 0.264. The lowest BCUT2D eigenvalue weighted by Crippen LogP contribution is -2.53. The molecule has 0 unspecified atom stereocenters. The molecule has 27 heavy (non-hydrogen) atoms. The van der Waals surface area contributed by atoms with Crippen molar-refractivity contribution in [3.05, 3.63) is 65.7 Å². The molecule has 0 spiro atoms. The standard InChI is InChI=1S/C22H25NO4/c1-2-26-21(25)22(14-6-7-15-22)23-20(24)18-10-12-19(13-11-18)27-16-17-8-4-3-5-9-17/h3-5,8-13H,2,6-7,14-16H2,1H3,(H,23,24). The van der Waals surface area contributed by atoms with E-state index in [0.29, 0.717) is 37.4 Å². The van der Waals surface area contributed by atoms with Crippen LogP contribution in [0, 0.1) is 0 Å². The smallest absolute Gasteiger partial charge is 0.331 e. The van der Waals surface area contributed by atoms with E-state index in [1.165, 1.54) is 0 Å². The topological polar surface area (TPSA) is 64.6 Å². The van der Waals surface area contributed by atoms with Crippen molar-refractivity contribution in [1.82, 2.24) is 5.32 Å². The van der Waals surface area contributed by atoms with Crippen LogP contribution in [0.2, 0.25) is 0 Å². The van der Waals surface area contributed by atoms with Crippen LogP contribution >= 0.6 is 0 Å². The van der Waals surface area contributed by atoms with Gasteiger partial charge in [-0.2, -0.15) is 0 Å². The SMILES string of the molecule is CCOC(=O)C1(NC(=O)c2ccc(OCc3ccccc3)cc2)CCCC1. The van der Waals surface area contributed by atoms with Crippen molar-refractivity contribution in [2.45, 2.75) is 44.8 Å². The van der Waals surface area contributed by atoms with Crippen LogP contribution < -0.4 is 10.1 Å². The number of carbonyl (C=O) groups excluding carboxylic acids is 2. The molecule has 0 heterocycles. The normalized spacial score (nSPS) is 15.1. The predicted octanol–water partition coefficient (Wildman–Crippen LogP) is 3.87. The number of benzene rings is 2. The minimum atomic E-state index is -0.893. The van der Waals surface area contributed by atoms with Gasteiger partial charge >= 0.3 is 5.97 Å². The number of carbonyl (C=O) groups is 2. The molecule has 1 amide bonds. The molecule has 0 aromatic heterocycles. The molecule has 0 aliphatic heterocycles. The maximum absolute atomic E-state index is 12.6. The van der Waals surface area contributed by atoms with Gasteiger partial charge in [-0.15, -0.1) is 0 Å². The van der Waals surface area contributed by atoms with E-state index in [4.69, 9.17) is 9.47 Å². The van der Waals surface area contributed by atoms with E-state index in [0.717, 1.165) is 18.4 Å². The zero-order chi connectivity index (χ0) is 19.1. The zero-order valence-corrected chi connectivity index (χ0v) is 15.6. The molecule has 1 saturated carbocycles. The Bertz CT molecular complexity index is 765. The Morgan fingerprint density at radius 3 is 2.30 bits per heavy atom. The van der Waals surface area contributed by atoms with Gasteiger partial charge in [0, 0.05) is 5.56 Å². The Morgan fingerprint density at radius 1 is 1.00 bits per heavy atom. The maximum Gasteiger partial charge on any atom is 0.331 e. The average Bonchev–Trinajstić information content (AvgIpc) is 3.17. The molecule has 0 atom stereocenters. The van der Waals surface area contributed by atoms with E-state index >= 15 is 0 Å². The summed E-state index contributed by atoms with van der Waals surface area (Å²) < 4.78 is 10.9. The lowest BCUT2D eigenvalue weighted by atomic mass is 9.97. The van der Waals surface area contributed by atoms with Gasteiger partial charge in [0.05, 0.1) is 6.61 Å². The van der Waals surface area contributed by atoms with Crippen molar-refractivity contribution in [2.75, 3.05) is 6.61 Å². The highest BCUT2D eigenvalue weighted by Gasteiger charge is 2.43. The first-order valence-corrected chi connectivity index (χ1v) is 9.39. The summed E-state index contributed by atoms with van der Waals surface area (Å²) in [6, 6.07) is 16.9. The van der Waals surface area contributed by atoms with E-state index in [-0.39, 0.29) is 11.9 Å². The third kappa shape index (κ3) is 4.67. The van der Waals surface area contributed by atoms with Crippen molar-refractivity contribution >= 4 is 11.9 Å². The Balaban J connectivity index is 1.62. The summed E-state index contributed by atoms with van der Waals surface area (Å²) in [5, 5.41) is 2.92. The number of hydrogen-bond acceptors (Lipinski definition) is 4. The van der Waals surface area contributed by atoms with Gasteiger partial charge in [0.1, 0.15) is 17.9 Å². The van der Waals surface area contributed by atoms with Crippen LogP contribution in [0.15, 0.2) is 54.6 Å². The first-order chi connectivity index (χ1) is 13.1. The first-order valence-electron chi connectivity index (χ1n) is 9.39. The average molecular weight is 367 g/mol. The second-order valence-corrected chi connectivity index (χ2v) is 6.76. The molecule has 3 rings (SSSR count). The Labute approximate surface area is 159 Å². The molecule has 1 fully saturated rings. The van der Waals surface area contributed by atoms with Gasteiger partial charge in [-0.25, -0.2) is 4.79 Å². The molecule has 1 aliphatic carbocycles. The summed E-state index contributed by atoms with van der Waals surface area (Å²) in [5.41, 5.74) is 0.685. The molecule has 1 aliphatic rings. The highest BCUT2D eigenvalue weighted by molar-refractivity contribution is 5.98. The van der Waals surface area contributed by atoms with Crippen molar-refractivity contribution in [2.24, 2.45) is 0 Å². The van der Waals surface area contributed by atoms with E-state index in [1.54, 1.807) is 31.2 Å². The quantitative estimate of drug-likeness (QED) is 0.755. The molecule has 0 bridgehead atoms. The second kappa shape index (κ2) is 8.71.